The number of hydrogen-bond donors (Lipinski definition) is 2. The first-order valence-electron chi connectivity index (χ1n) is 11.4. The molecule has 1 aromatic heterocycles. The molecule has 37 heavy (non-hydrogen) atoms. The predicted octanol–water partition coefficient (Wildman–Crippen LogP) is 4.22. The zero-order valence-corrected chi connectivity index (χ0v) is 20.4. The number of nitrogens with zero attached hydrogens (tertiary/aromatic N) is 4. The summed E-state index contributed by atoms with van der Waals surface area (Å²) in [7, 11) is 0. The van der Waals surface area contributed by atoms with Crippen molar-refractivity contribution in [1.82, 2.24) is 14.5 Å². The van der Waals surface area contributed by atoms with E-state index in [9.17, 15) is 28.2 Å². The first-order chi connectivity index (χ1) is 17.6. The average molecular weight is 541 g/mol. The standard InChI is InChI=1S/C24H24ClF3N4O5/c1-2-30-20-19(21(34)31(23(30)35)11-4-12-33)32(14-15-7-9-16(25)10-8-15)22(29-20)36-17-5-3-6-18(13-17)37-24(26,27)28/h3,5-10,13,23,33,35H,2,4,11-12,14H2,1H3. The number of aromatic nitrogens is 2. The van der Waals surface area contributed by atoms with Gasteiger partial charge in [-0.2, -0.15) is 4.98 Å². The molecule has 2 aromatic carbocycles. The molecule has 0 bridgehead atoms. The fourth-order valence-electron chi connectivity index (χ4n) is 3.96. The van der Waals surface area contributed by atoms with Crippen LogP contribution in [0.15, 0.2) is 48.5 Å². The van der Waals surface area contributed by atoms with Gasteiger partial charge in [-0.1, -0.05) is 29.8 Å². The molecule has 1 amide bonds. The summed E-state index contributed by atoms with van der Waals surface area (Å²) in [5.74, 6) is -0.866. The van der Waals surface area contributed by atoms with Crippen molar-refractivity contribution < 1.29 is 37.7 Å². The lowest BCUT2D eigenvalue weighted by molar-refractivity contribution is -0.274. The molecule has 198 valence electrons. The summed E-state index contributed by atoms with van der Waals surface area (Å²) in [5.41, 5.74) is 0.866. The lowest BCUT2D eigenvalue weighted by Crippen LogP contribution is -2.56. The second-order valence-electron chi connectivity index (χ2n) is 8.11. The number of ether oxygens (including phenoxy) is 2. The second kappa shape index (κ2) is 10.9. The van der Waals surface area contributed by atoms with E-state index in [1.165, 1.54) is 26.5 Å². The molecule has 0 saturated heterocycles. The van der Waals surface area contributed by atoms with Crippen LogP contribution in [0.5, 0.6) is 17.5 Å². The third kappa shape index (κ3) is 5.92. The van der Waals surface area contributed by atoms with E-state index >= 15 is 0 Å². The Labute approximate surface area is 215 Å². The van der Waals surface area contributed by atoms with Gasteiger partial charge in [0.1, 0.15) is 11.5 Å². The largest absolute Gasteiger partial charge is 0.573 e. The molecule has 4 rings (SSSR count). The van der Waals surface area contributed by atoms with Gasteiger partial charge in [0.15, 0.2) is 11.5 Å². The van der Waals surface area contributed by atoms with Crippen LogP contribution in [0.4, 0.5) is 19.0 Å². The third-order valence-electron chi connectivity index (χ3n) is 5.61. The number of anilines is 1. The van der Waals surface area contributed by atoms with Gasteiger partial charge in [-0.25, -0.2) is 0 Å². The molecule has 9 nitrogen and oxygen atoms in total. The summed E-state index contributed by atoms with van der Waals surface area (Å²) < 4.78 is 49.4. The molecule has 2 N–H and O–H groups in total. The van der Waals surface area contributed by atoms with Crippen LogP contribution in [-0.4, -0.2) is 63.0 Å². The van der Waals surface area contributed by atoms with Crippen molar-refractivity contribution in [3.63, 3.8) is 0 Å². The van der Waals surface area contributed by atoms with Gasteiger partial charge in [0.2, 0.25) is 6.35 Å². The molecule has 3 aromatic rings. The molecule has 1 atom stereocenters. The second-order valence-corrected chi connectivity index (χ2v) is 8.55. The van der Waals surface area contributed by atoms with Gasteiger partial charge < -0.3 is 24.6 Å². The van der Waals surface area contributed by atoms with Gasteiger partial charge in [0.25, 0.3) is 5.91 Å². The van der Waals surface area contributed by atoms with Crippen molar-refractivity contribution in [3.05, 3.63) is 64.8 Å². The number of amides is 1. The molecule has 0 radical (unpaired) electrons. The number of rotatable bonds is 9. The highest BCUT2D eigenvalue weighted by molar-refractivity contribution is 6.30. The van der Waals surface area contributed by atoms with Gasteiger partial charge in [0, 0.05) is 30.8 Å². The molecule has 1 aliphatic rings. The molecule has 13 heteroatoms. The van der Waals surface area contributed by atoms with Crippen molar-refractivity contribution in [3.8, 4) is 17.5 Å². The van der Waals surface area contributed by atoms with Crippen LogP contribution in [0.3, 0.4) is 0 Å². The number of carbonyl (C=O) groups excluding carboxylic acids is 1. The minimum absolute atomic E-state index is 0.00497. The number of fused-ring (bicyclic) bond motifs is 1. The highest BCUT2D eigenvalue weighted by Crippen LogP contribution is 2.36. The van der Waals surface area contributed by atoms with E-state index in [2.05, 4.69) is 9.72 Å². The Kier molecular flexibility index (Phi) is 7.81. The maximum atomic E-state index is 13.5. The lowest BCUT2D eigenvalue weighted by Gasteiger charge is -2.40. The number of aliphatic hydroxyl groups is 2. The first kappa shape index (κ1) is 26.6. The van der Waals surface area contributed by atoms with E-state index in [0.29, 0.717) is 5.02 Å². The van der Waals surface area contributed by atoms with Crippen LogP contribution in [0, 0.1) is 0 Å². The summed E-state index contributed by atoms with van der Waals surface area (Å²) in [4.78, 5) is 20.7. The summed E-state index contributed by atoms with van der Waals surface area (Å²) in [5, 5.41) is 20.6. The van der Waals surface area contributed by atoms with E-state index in [4.69, 9.17) is 16.3 Å². The van der Waals surface area contributed by atoms with Crippen LogP contribution in [-0.2, 0) is 6.54 Å². The van der Waals surface area contributed by atoms with Crippen molar-refractivity contribution in [2.75, 3.05) is 24.6 Å². The quantitative estimate of drug-likeness (QED) is 0.419. The number of alkyl halides is 3. The molecular formula is C24H24ClF3N4O5. The summed E-state index contributed by atoms with van der Waals surface area (Å²) in [6.45, 7) is 2.07. The zero-order chi connectivity index (χ0) is 26.7. The summed E-state index contributed by atoms with van der Waals surface area (Å²) in [6.07, 6.45) is -5.96. The highest BCUT2D eigenvalue weighted by Gasteiger charge is 2.41. The molecule has 0 saturated carbocycles. The molecule has 0 aliphatic carbocycles. The Bertz CT molecular complexity index is 1250. The Balaban J connectivity index is 1.79. The minimum Gasteiger partial charge on any atom is -0.425 e. The molecule has 1 aliphatic heterocycles. The van der Waals surface area contributed by atoms with E-state index in [-0.39, 0.29) is 55.9 Å². The minimum atomic E-state index is -4.88. The van der Waals surface area contributed by atoms with E-state index in [0.717, 1.165) is 17.7 Å². The Morgan fingerprint density at radius 1 is 1.11 bits per heavy atom. The maximum absolute atomic E-state index is 13.5. The predicted molar refractivity (Wildman–Crippen MR) is 128 cm³/mol. The maximum Gasteiger partial charge on any atom is 0.573 e. The number of halogens is 4. The van der Waals surface area contributed by atoms with Crippen molar-refractivity contribution in [1.29, 1.82) is 0 Å². The van der Waals surface area contributed by atoms with Crippen molar-refractivity contribution >= 4 is 23.3 Å². The van der Waals surface area contributed by atoms with E-state index < -0.39 is 24.4 Å². The third-order valence-corrected chi connectivity index (χ3v) is 5.86. The smallest absolute Gasteiger partial charge is 0.425 e. The normalized spacial score (nSPS) is 15.6. The van der Waals surface area contributed by atoms with Gasteiger partial charge in [-0.15, -0.1) is 13.2 Å². The highest BCUT2D eigenvalue weighted by atomic mass is 35.5. The van der Waals surface area contributed by atoms with Crippen LogP contribution >= 0.6 is 11.6 Å². The average Bonchev–Trinajstić information content (AvgIpc) is 3.17. The topological polar surface area (TPSA) is 100 Å². The number of aliphatic hydroxyl groups excluding tert-OH is 2. The molecular weight excluding hydrogens is 517 g/mol. The van der Waals surface area contributed by atoms with Crippen molar-refractivity contribution in [2.45, 2.75) is 32.6 Å². The van der Waals surface area contributed by atoms with Gasteiger partial charge in [0.05, 0.1) is 6.54 Å². The molecule has 0 fully saturated rings. The molecule has 0 spiro atoms. The first-order valence-corrected chi connectivity index (χ1v) is 11.7. The van der Waals surface area contributed by atoms with Gasteiger partial charge >= 0.3 is 12.4 Å². The number of benzene rings is 2. The van der Waals surface area contributed by atoms with E-state index in [1.54, 1.807) is 31.2 Å². The zero-order valence-electron chi connectivity index (χ0n) is 19.7. The van der Waals surface area contributed by atoms with Crippen LogP contribution in [0.1, 0.15) is 29.4 Å². The number of imidazole rings is 1. The van der Waals surface area contributed by atoms with Crippen molar-refractivity contribution in [2.24, 2.45) is 0 Å². The lowest BCUT2D eigenvalue weighted by atomic mass is 10.2. The Morgan fingerprint density at radius 2 is 1.81 bits per heavy atom. The van der Waals surface area contributed by atoms with Crippen LogP contribution < -0.4 is 14.4 Å². The van der Waals surface area contributed by atoms with E-state index in [1.807, 2.05) is 0 Å². The fraction of sp³-hybridized carbons (Fsp3) is 0.333. The van der Waals surface area contributed by atoms with Gasteiger partial charge in [-0.05, 0) is 43.2 Å². The fourth-order valence-corrected chi connectivity index (χ4v) is 4.08. The summed E-state index contributed by atoms with van der Waals surface area (Å²) >= 11 is 6.00. The summed E-state index contributed by atoms with van der Waals surface area (Å²) in [6, 6.07) is 11.7. The van der Waals surface area contributed by atoms with Crippen LogP contribution in [0.2, 0.25) is 5.02 Å². The number of carbonyl (C=O) groups is 1. The molecule has 2 heterocycles. The Hall–Kier alpha value is -3.48. The number of hydrogen-bond acceptors (Lipinski definition) is 7. The van der Waals surface area contributed by atoms with Crippen LogP contribution in [0.25, 0.3) is 0 Å². The van der Waals surface area contributed by atoms with Gasteiger partial charge in [-0.3, -0.25) is 14.3 Å². The monoisotopic (exact) mass is 540 g/mol. The SMILES string of the molecule is CCN1c2nc(Oc3cccc(OC(F)(F)F)c3)n(Cc3ccc(Cl)cc3)c2C(=O)N(CCCO)C1O. The Morgan fingerprint density at radius 3 is 2.46 bits per heavy atom. The molecule has 1 unspecified atom stereocenters.